The Balaban J connectivity index is 1.82. The van der Waals surface area contributed by atoms with Crippen LogP contribution in [0.1, 0.15) is 27.7 Å². The first kappa shape index (κ1) is 25.3. The van der Waals surface area contributed by atoms with Crippen LogP contribution in [0, 0.1) is 0 Å². The van der Waals surface area contributed by atoms with Crippen molar-refractivity contribution in [2.45, 2.75) is 32.4 Å². The molecule has 4 rings (SSSR count). The number of fused-ring (bicyclic) bond motifs is 1. The summed E-state index contributed by atoms with van der Waals surface area (Å²) in [5.74, 6) is -0.174. The summed E-state index contributed by atoms with van der Waals surface area (Å²) < 4.78 is 27.0. The van der Waals surface area contributed by atoms with Gasteiger partial charge in [0.1, 0.15) is 0 Å². The maximum atomic E-state index is 12.4. The Labute approximate surface area is 212 Å². The Morgan fingerprint density at radius 3 is 2.39 bits per heavy atom. The van der Waals surface area contributed by atoms with Crippen LogP contribution in [0.2, 0.25) is 0 Å². The Morgan fingerprint density at radius 2 is 1.81 bits per heavy atom. The van der Waals surface area contributed by atoms with Crippen molar-refractivity contribution in [1.29, 1.82) is 0 Å². The van der Waals surface area contributed by atoms with E-state index >= 15 is 0 Å². The lowest BCUT2D eigenvalue weighted by molar-refractivity contribution is 0.254. The number of rotatable bonds is 6. The minimum absolute atomic E-state index is 0.0370. The number of nitrogens with one attached hydrogen (secondary N) is 1. The van der Waals surface area contributed by atoms with Gasteiger partial charge in [-0.25, -0.2) is 33.1 Å². The number of sulfonamides is 1. The van der Waals surface area contributed by atoms with Gasteiger partial charge in [0.25, 0.3) is 0 Å². The molecule has 0 radical (unpaired) electrons. The highest BCUT2D eigenvalue weighted by molar-refractivity contribution is 7.94. The van der Waals surface area contributed by atoms with E-state index in [9.17, 15) is 18.3 Å². The maximum Gasteiger partial charge on any atom is 0.321 e. The predicted molar refractivity (Wildman–Crippen MR) is 140 cm³/mol. The van der Waals surface area contributed by atoms with Gasteiger partial charge in [0.2, 0.25) is 21.9 Å². The van der Waals surface area contributed by atoms with Crippen LogP contribution in [-0.4, -0.2) is 50.8 Å². The third-order valence-corrected chi connectivity index (χ3v) is 8.56. The van der Waals surface area contributed by atoms with Gasteiger partial charge in [-0.3, -0.25) is 9.62 Å². The van der Waals surface area contributed by atoms with Crippen molar-refractivity contribution in [3.8, 4) is 28.1 Å². The summed E-state index contributed by atoms with van der Waals surface area (Å²) in [5.41, 5.74) is 8.90. The fourth-order valence-corrected chi connectivity index (χ4v) is 5.10. The number of nitrogens with two attached hydrogens (primary N) is 1. The number of pyridine rings is 1. The van der Waals surface area contributed by atoms with Crippen LogP contribution >= 0.6 is 11.3 Å². The Morgan fingerprint density at radius 1 is 1.11 bits per heavy atom. The van der Waals surface area contributed by atoms with Crippen molar-refractivity contribution in [2.75, 3.05) is 16.2 Å². The van der Waals surface area contributed by atoms with Crippen molar-refractivity contribution < 1.29 is 18.3 Å². The molecule has 0 bridgehead atoms. The Bertz CT molecular complexity index is 1550. The summed E-state index contributed by atoms with van der Waals surface area (Å²) in [5, 5.41) is 10.4. The molecular formula is C23H25N7O4S2. The average molecular weight is 528 g/mol. The molecule has 4 aromatic rings. The molecular weight excluding hydrogens is 502 g/mol. The smallest absolute Gasteiger partial charge is 0.321 e. The molecule has 0 aliphatic rings. The van der Waals surface area contributed by atoms with Crippen LogP contribution in [0.3, 0.4) is 0 Å². The lowest BCUT2D eigenvalue weighted by atomic mass is 10.0. The highest BCUT2D eigenvalue weighted by atomic mass is 32.2. The molecule has 0 spiro atoms. The molecule has 188 valence electrons. The highest BCUT2D eigenvalue weighted by Gasteiger charge is 2.29. The zero-order chi connectivity index (χ0) is 26.3. The molecule has 13 heteroatoms. The second-order valence-electron chi connectivity index (χ2n) is 8.87. The van der Waals surface area contributed by atoms with Gasteiger partial charge >= 0.3 is 6.03 Å². The monoisotopic (exact) mass is 527 g/mol. The van der Waals surface area contributed by atoms with E-state index in [1.165, 1.54) is 40.9 Å². The third kappa shape index (κ3) is 4.93. The van der Waals surface area contributed by atoms with Crippen LogP contribution < -0.4 is 15.4 Å². The first-order valence-electron chi connectivity index (χ1n) is 10.9. The van der Waals surface area contributed by atoms with Crippen LogP contribution in [0.15, 0.2) is 42.9 Å². The number of aromatic nitrogens is 4. The maximum absolute atomic E-state index is 12.4. The van der Waals surface area contributed by atoms with E-state index in [-0.39, 0.29) is 11.8 Å². The number of carbonyl (C=O) groups is 1. The summed E-state index contributed by atoms with van der Waals surface area (Å²) >= 11 is 1.30. The average Bonchev–Trinajstić information content (AvgIpc) is 3.21. The normalized spacial score (nSPS) is 12.0. The number of benzene rings is 1. The summed E-state index contributed by atoms with van der Waals surface area (Å²) in [6, 6.07) is 6.39. The fraction of sp³-hybridized carbons (Fsp3) is 0.261. The number of primary amides is 1. The number of nitrogens with zero attached hydrogens (tertiary/aromatic N) is 5. The van der Waals surface area contributed by atoms with E-state index in [4.69, 9.17) is 5.73 Å². The van der Waals surface area contributed by atoms with Crippen molar-refractivity contribution in [1.82, 2.24) is 19.9 Å². The number of anilines is 2. The van der Waals surface area contributed by atoms with E-state index in [2.05, 4.69) is 24.7 Å². The number of urea groups is 1. The zero-order valence-electron chi connectivity index (χ0n) is 20.1. The lowest BCUT2D eigenvalue weighted by Gasteiger charge is -2.19. The summed E-state index contributed by atoms with van der Waals surface area (Å²) in [6.45, 7) is 6.90. The molecule has 3 heterocycles. The molecule has 2 amide bonds. The number of hydrogen-bond acceptors (Lipinski definition) is 9. The molecule has 0 saturated carbocycles. The van der Waals surface area contributed by atoms with Gasteiger partial charge in [0, 0.05) is 42.3 Å². The predicted octanol–water partition coefficient (Wildman–Crippen LogP) is 3.97. The molecule has 1 aromatic carbocycles. The van der Waals surface area contributed by atoms with Crippen LogP contribution in [0.5, 0.6) is 5.88 Å². The summed E-state index contributed by atoms with van der Waals surface area (Å²) in [6.07, 6.45) is 4.52. The van der Waals surface area contributed by atoms with Crippen LogP contribution in [0.25, 0.3) is 32.5 Å². The van der Waals surface area contributed by atoms with Crippen molar-refractivity contribution >= 4 is 48.7 Å². The molecule has 0 atom stereocenters. The summed E-state index contributed by atoms with van der Waals surface area (Å²) in [7, 11) is -3.67. The number of carbonyl (C=O) groups excluding carboxylic acids is 1. The van der Waals surface area contributed by atoms with Gasteiger partial charge in [-0.2, -0.15) is 0 Å². The van der Waals surface area contributed by atoms with Crippen molar-refractivity contribution in [3.63, 3.8) is 0 Å². The van der Waals surface area contributed by atoms with Crippen molar-refractivity contribution in [3.05, 3.63) is 42.9 Å². The van der Waals surface area contributed by atoms with E-state index in [0.29, 0.717) is 33.9 Å². The molecule has 0 aliphatic carbocycles. The lowest BCUT2D eigenvalue weighted by Crippen LogP contribution is -2.35. The van der Waals surface area contributed by atoms with Gasteiger partial charge < -0.3 is 10.8 Å². The standard InChI is InChI=1S/C23H25N7O4S2/c1-5-30(20(24)32)22-28-17-9-14(8-16(19(17)35-22)13-6-7-25-18(31)10-13)15-11-26-21(27-12-15)29-36(33,34)23(2,3)4/h6-12H,5H2,1-4H3,(H2,24,32)(H,25,31)(H,26,27,29). The minimum Gasteiger partial charge on any atom is -0.493 e. The van der Waals surface area contributed by atoms with Gasteiger partial charge in [0.05, 0.1) is 15.0 Å². The van der Waals surface area contributed by atoms with Crippen LogP contribution in [-0.2, 0) is 10.0 Å². The Hall–Kier alpha value is -3.84. The highest BCUT2D eigenvalue weighted by Crippen LogP contribution is 2.40. The molecule has 36 heavy (non-hydrogen) atoms. The molecule has 0 saturated heterocycles. The van der Waals surface area contributed by atoms with Gasteiger partial charge in [-0.05, 0) is 57.0 Å². The van der Waals surface area contributed by atoms with Gasteiger partial charge in [-0.15, -0.1) is 0 Å². The van der Waals surface area contributed by atoms with Gasteiger partial charge in [0.15, 0.2) is 5.13 Å². The number of amides is 2. The number of thiazole rings is 1. The molecule has 4 N–H and O–H groups in total. The first-order chi connectivity index (χ1) is 16.9. The molecule has 0 aliphatic heterocycles. The van der Waals surface area contributed by atoms with E-state index in [1.54, 1.807) is 33.8 Å². The molecule has 0 fully saturated rings. The minimum atomic E-state index is -3.67. The zero-order valence-corrected chi connectivity index (χ0v) is 21.7. The van der Waals surface area contributed by atoms with Gasteiger partial charge in [-0.1, -0.05) is 11.3 Å². The summed E-state index contributed by atoms with van der Waals surface area (Å²) in [4.78, 5) is 30.1. The second kappa shape index (κ2) is 9.32. The Kier molecular flexibility index (Phi) is 6.54. The SMILES string of the molecule is CCN(C(N)=O)c1nc2cc(-c3cnc(NS(=O)(=O)C(C)(C)C)nc3)cc(-c3ccnc(O)c3)c2s1. The molecule has 3 aromatic heterocycles. The van der Waals surface area contributed by atoms with E-state index in [0.717, 1.165) is 10.3 Å². The fourth-order valence-electron chi connectivity index (χ4n) is 3.29. The quantitative estimate of drug-likeness (QED) is 0.339. The topological polar surface area (TPSA) is 164 Å². The van der Waals surface area contributed by atoms with Crippen LogP contribution in [0.4, 0.5) is 15.9 Å². The number of aromatic hydroxyl groups is 1. The third-order valence-electron chi connectivity index (χ3n) is 5.37. The van der Waals surface area contributed by atoms with Crippen molar-refractivity contribution in [2.24, 2.45) is 5.73 Å². The number of hydrogen-bond donors (Lipinski definition) is 3. The van der Waals surface area contributed by atoms with E-state index < -0.39 is 20.8 Å². The largest absolute Gasteiger partial charge is 0.493 e. The first-order valence-corrected chi connectivity index (χ1v) is 13.2. The molecule has 0 unspecified atom stereocenters. The molecule has 11 nitrogen and oxygen atoms in total. The van der Waals surface area contributed by atoms with E-state index in [1.807, 2.05) is 12.1 Å². The second-order valence-corrected chi connectivity index (χ2v) is 12.3.